The van der Waals surface area contributed by atoms with E-state index in [-0.39, 0.29) is 28.2 Å². The van der Waals surface area contributed by atoms with Crippen LogP contribution < -0.4 is 9.62 Å². The lowest BCUT2D eigenvalue weighted by molar-refractivity contribution is -0.139. The average molecular weight is 535 g/mol. The summed E-state index contributed by atoms with van der Waals surface area (Å²) in [4.78, 5) is 27.4. The summed E-state index contributed by atoms with van der Waals surface area (Å²) in [7, 11) is -3.90. The number of benzene rings is 2. The Labute approximate surface area is 209 Å². The number of hydrogen-bond donors (Lipinski definition) is 1. The number of halogens is 3. The van der Waals surface area contributed by atoms with Crippen LogP contribution in [-0.4, -0.2) is 50.5 Å². The number of nitrogens with one attached hydrogen (secondary N) is 1. The Morgan fingerprint density at radius 3 is 2.27 bits per heavy atom. The van der Waals surface area contributed by atoms with Gasteiger partial charge in [-0.05, 0) is 43.2 Å². The Hall–Kier alpha value is -2.00. The zero-order valence-electron chi connectivity index (χ0n) is 18.5. The van der Waals surface area contributed by atoms with Gasteiger partial charge in [0, 0.05) is 18.1 Å². The number of hydrogen-bond acceptors (Lipinski definition) is 4. The van der Waals surface area contributed by atoms with Crippen LogP contribution in [0.1, 0.15) is 25.8 Å². The minimum absolute atomic E-state index is 0.00961. The predicted octanol–water partition coefficient (Wildman–Crippen LogP) is 4.36. The number of nitrogens with zero attached hydrogens (tertiary/aromatic N) is 2. The van der Waals surface area contributed by atoms with Crippen LogP contribution in [0, 0.1) is 0 Å². The second-order valence-electron chi connectivity index (χ2n) is 7.46. The lowest BCUT2D eigenvalue weighted by Crippen LogP contribution is -2.51. The fourth-order valence-electron chi connectivity index (χ4n) is 3.04. The van der Waals surface area contributed by atoms with Gasteiger partial charge in [-0.2, -0.15) is 0 Å². The molecule has 2 rings (SSSR count). The predicted molar refractivity (Wildman–Crippen MR) is 133 cm³/mol. The Kier molecular flexibility index (Phi) is 9.84. The van der Waals surface area contributed by atoms with Crippen LogP contribution in [0.5, 0.6) is 0 Å². The molecule has 0 unspecified atom stereocenters. The molecule has 0 fully saturated rings. The highest BCUT2D eigenvalue weighted by Crippen LogP contribution is 2.33. The highest BCUT2D eigenvalue weighted by molar-refractivity contribution is 7.92. The highest BCUT2D eigenvalue weighted by atomic mass is 35.5. The van der Waals surface area contributed by atoms with E-state index in [1.54, 1.807) is 37.3 Å². The number of sulfonamides is 1. The molecule has 180 valence electrons. The van der Waals surface area contributed by atoms with Crippen molar-refractivity contribution < 1.29 is 18.0 Å². The van der Waals surface area contributed by atoms with Gasteiger partial charge in [0.05, 0.1) is 22.0 Å². The molecule has 33 heavy (non-hydrogen) atoms. The minimum atomic E-state index is -3.90. The summed E-state index contributed by atoms with van der Waals surface area (Å²) < 4.78 is 26.0. The molecule has 0 aliphatic heterocycles. The highest BCUT2D eigenvalue weighted by Gasteiger charge is 2.31. The van der Waals surface area contributed by atoms with Crippen molar-refractivity contribution in [2.45, 2.75) is 32.9 Å². The van der Waals surface area contributed by atoms with E-state index in [0.717, 1.165) is 22.5 Å². The zero-order chi connectivity index (χ0) is 24.8. The summed E-state index contributed by atoms with van der Waals surface area (Å²) in [5.74, 6) is -0.920. The van der Waals surface area contributed by atoms with E-state index < -0.39 is 28.5 Å². The third-order valence-corrected chi connectivity index (χ3v) is 7.05. The van der Waals surface area contributed by atoms with Crippen molar-refractivity contribution in [3.05, 3.63) is 63.1 Å². The minimum Gasteiger partial charge on any atom is -0.354 e. The van der Waals surface area contributed by atoms with Crippen LogP contribution in [-0.2, 0) is 26.2 Å². The van der Waals surface area contributed by atoms with Crippen molar-refractivity contribution in [3.8, 4) is 0 Å². The summed E-state index contributed by atoms with van der Waals surface area (Å²) in [5.41, 5.74) is 0.809. The molecule has 0 saturated carbocycles. The van der Waals surface area contributed by atoms with Gasteiger partial charge in [0.15, 0.2) is 0 Å². The van der Waals surface area contributed by atoms with Crippen LogP contribution in [0.2, 0.25) is 15.1 Å². The smallest absolute Gasteiger partial charge is 0.244 e. The Morgan fingerprint density at radius 1 is 1.06 bits per heavy atom. The van der Waals surface area contributed by atoms with Crippen molar-refractivity contribution in [3.63, 3.8) is 0 Å². The number of carbonyl (C=O) groups excluding carboxylic acids is 2. The topological polar surface area (TPSA) is 86.8 Å². The second-order valence-corrected chi connectivity index (χ2v) is 10.6. The van der Waals surface area contributed by atoms with E-state index in [4.69, 9.17) is 34.8 Å². The molecule has 7 nitrogen and oxygen atoms in total. The molecule has 0 aromatic heterocycles. The van der Waals surface area contributed by atoms with Gasteiger partial charge in [-0.3, -0.25) is 13.9 Å². The van der Waals surface area contributed by atoms with Crippen molar-refractivity contribution in [2.75, 3.05) is 23.7 Å². The lowest BCUT2D eigenvalue weighted by atomic mass is 10.1. The summed E-state index contributed by atoms with van der Waals surface area (Å²) in [6.45, 7) is 3.49. The van der Waals surface area contributed by atoms with Crippen molar-refractivity contribution in [2.24, 2.45) is 0 Å². The molecule has 0 bridgehead atoms. The third kappa shape index (κ3) is 7.50. The molecule has 0 radical (unpaired) electrons. The van der Waals surface area contributed by atoms with Crippen LogP contribution in [0.3, 0.4) is 0 Å². The van der Waals surface area contributed by atoms with Gasteiger partial charge in [0.1, 0.15) is 12.6 Å². The fourth-order valence-corrected chi connectivity index (χ4v) is 4.47. The SMILES string of the molecule is CCCNC(=O)[C@H](C)N(Cc1ccc(Cl)cc1)C(=O)CN(c1cccc(Cl)c1Cl)S(C)(=O)=O. The van der Waals surface area contributed by atoms with Crippen LogP contribution in [0.15, 0.2) is 42.5 Å². The molecule has 1 atom stereocenters. The van der Waals surface area contributed by atoms with E-state index >= 15 is 0 Å². The van der Waals surface area contributed by atoms with E-state index in [1.807, 2.05) is 6.92 Å². The van der Waals surface area contributed by atoms with Gasteiger partial charge >= 0.3 is 0 Å². The van der Waals surface area contributed by atoms with Crippen LogP contribution >= 0.6 is 34.8 Å². The van der Waals surface area contributed by atoms with E-state index in [1.165, 1.54) is 17.0 Å². The van der Waals surface area contributed by atoms with E-state index in [0.29, 0.717) is 11.6 Å². The summed E-state index contributed by atoms with van der Waals surface area (Å²) in [5, 5.41) is 3.46. The second kappa shape index (κ2) is 11.9. The molecule has 0 spiro atoms. The molecule has 0 aliphatic rings. The molecular weight excluding hydrogens is 509 g/mol. The summed E-state index contributed by atoms with van der Waals surface area (Å²) in [6.07, 6.45) is 1.71. The van der Waals surface area contributed by atoms with Crippen LogP contribution in [0.4, 0.5) is 5.69 Å². The maximum absolute atomic E-state index is 13.4. The maximum atomic E-state index is 13.4. The van der Waals surface area contributed by atoms with Gasteiger partial charge in [0.2, 0.25) is 21.8 Å². The first-order valence-corrected chi connectivity index (χ1v) is 13.2. The molecule has 2 aromatic rings. The molecular formula is C22H26Cl3N3O4S. The van der Waals surface area contributed by atoms with Crippen molar-refractivity contribution >= 4 is 62.3 Å². The molecule has 1 N–H and O–H groups in total. The van der Waals surface area contributed by atoms with Gasteiger partial charge in [-0.15, -0.1) is 0 Å². The fraction of sp³-hybridized carbons (Fsp3) is 0.364. The van der Waals surface area contributed by atoms with Gasteiger partial charge < -0.3 is 10.2 Å². The Bertz CT molecular complexity index is 1090. The monoisotopic (exact) mass is 533 g/mol. The zero-order valence-corrected chi connectivity index (χ0v) is 21.6. The van der Waals surface area contributed by atoms with E-state index in [9.17, 15) is 18.0 Å². The van der Waals surface area contributed by atoms with E-state index in [2.05, 4.69) is 5.32 Å². The number of carbonyl (C=O) groups is 2. The number of rotatable bonds is 10. The first kappa shape index (κ1) is 27.2. The average Bonchev–Trinajstić information content (AvgIpc) is 2.76. The molecule has 2 aromatic carbocycles. The quantitative estimate of drug-likeness (QED) is 0.491. The molecule has 11 heteroatoms. The molecule has 0 heterocycles. The summed E-state index contributed by atoms with van der Waals surface area (Å²) >= 11 is 18.2. The maximum Gasteiger partial charge on any atom is 0.244 e. The number of anilines is 1. The normalized spacial score (nSPS) is 12.2. The largest absolute Gasteiger partial charge is 0.354 e. The number of amides is 2. The van der Waals surface area contributed by atoms with Gasteiger partial charge in [0.25, 0.3) is 0 Å². The van der Waals surface area contributed by atoms with Crippen molar-refractivity contribution in [1.29, 1.82) is 0 Å². The first-order valence-electron chi connectivity index (χ1n) is 10.2. The molecule has 0 saturated heterocycles. The first-order chi connectivity index (χ1) is 15.5. The Morgan fingerprint density at radius 2 is 1.70 bits per heavy atom. The van der Waals surface area contributed by atoms with Crippen LogP contribution in [0.25, 0.3) is 0 Å². The lowest BCUT2D eigenvalue weighted by Gasteiger charge is -2.31. The summed E-state index contributed by atoms with van der Waals surface area (Å²) in [6, 6.07) is 10.5. The Balaban J connectivity index is 2.40. The van der Waals surface area contributed by atoms with Crippen molar-refractivity contribution in [1.82, 2.24) is 10.2 Å². The van der Waals surface area contributed by atoms with Gasteiger partial charge in [-0.25, -0.2) is 8.42 Å². The molecule has 0 aliphatic carbocycles. The molecule has 2 amide bonds. The standard InChI is InChI=1S/C22H26Cl3N3O4S/c1-4-12-26-22(30)15(2)27(13-16-8-10-17(23)11-9-16)20(29)14-28(33(3,31)32)19-7-5-6-18(24)21(19)25/h5-11,15H,4,12-14H2,1-3H3,(H,26,30)/t15-/m0/s1. The third-order valence-electron chi connectivity index (χ3n) is 4.86. The van der Waals surface area contributed by atoms with Gasteiger partial charge in [-0.1, -0.05) is 59.9 Å².